The van der Waals surface area contributed by atoms with E-state index in [9.17, 15) is 9.59 Å². The second-order valence-corrected chi connectivity index (χ2v) is 4.62. The molecule has 0 spiro atoms. The van der Waals surface area contributed by atoms with Crippen LogP contribution >= 0.6 is 11.6 Å². The summed E-state index contributed by atoms with van der Waals surface area (Å²) >= 11 is 6.15. The van der Waals surface area contributed by atoms with E-state index >= 15 is 0 Å². The highest BCUT2D eigenvalue weighted by Gasteiger charge is 2.25. The number of aromatic nitrogens is 1. The first-order chi connectivity index (χ1) is 8.99. The smallest absolute Gasteiger partial charge is 0.381 e. The summed E-state index contributed by atoms with van der Waals surface area (Å²) in [4.78, 5) is 23.7. The second kappa shape index (κ2) is 5.05. The summed E-state index contributed by atoms with van der Waals surface area (Å²) in [5.41, 5.74) is 1.83. The van der Waals surface area contributed by atoms with E-state index in [1.165, 1.54) is 0 Å². The first kappa shape index (κ1) is 13.6. The third kappa shape index (κ3) is 2.12. The molecule has 0 bridgehead atoms. The zero-order chi connectivity index (χ0) is 14.2. The predicted octanol–water partition coefficient (Wildman–Crippen LogP) is 2.89. The summed E-state index contributed by atoms with van der Waals surface area (Å²) in [6, 6.07) is 5.42. The van der Waals surface area contributed by atoms with Gasteiger partial charge in [0.1, 0.15) is 5.69 Å². The van der Waals surface area contributed by atoms with Crippen molar-refractivity contribution in [2.24, 2.45) is 7.05 Å². The van der Waals surface area contributed by atoms with Crippen LogP contribution < -0.4 is 0 Å². The van der Waals surface area contributed by atoms with Gasteiger partial charge in [0.2, 0.25) is 0 Å². The number of benzene rings is 1. The molecule has 2 rings (SSSR count). The van der Waals surface area contributed by atoms with Crippen LogP contribution in [0.3, 0.4) is 0 Å². The highest BCUT2D eigenvalue weighted by molar-refractivity contribution is 6.42. The number of Topliss-reactive ketones (excluding diaryl/α,β-unsaturated/α-hetero) is 1. The quantitative estimate of drug-likeness (QED) is 0.493. The number of nitrogens with zero attached hydrogens (tertiary/aromatic N) is 1. The van der Waals surface area contributed by atoms with Crippen molar-refractivity contribution in [1.29, 1.82) is 0 Å². The number of ether oxygens (including phenoxy) is 1. The molecule has 1 aromatic carbocycles. The Balaban J connectivity index is 2.65. The molecule has 0 amide bonds. The topological polar surface area (TPSA) is 48.3 Å². The monoisotopic (exact) mass is 279 g/mol. The maximum absolute atomic E-state index is 12.1. The van der Waals surface area contributed by atoms with Crippen LogP contribution in [0.25, 0.3) is 10.9 Å². The summed E-state index contributed by atoms with van der Waals surface area (Å²) in [6.45, 7) is 3.62. The van der Waals surface area contributed by atoms with Crippen molar-refractivity contribution < 1.29 is 14.3 Å². The van der Waals surface area contributed by atoms with E-state index in [-0.39, 0.29) is 6.61 Å². The van der Waals surface area contributed by atoms with Gasteiger partial charge in [-0.05, 0) is 31.5 Å². The van der Waals surface area contributed by atoms with Crippen molar-refractivity contribution >= 4 is 34.3 Å². The molecule has 19 heavy (non-hydrogen) atoms. The van der Waals surface area contributed by atoms with Crippen molar-refractivity contribution in [2.75, 3.05) is 6.61 Å². The van der Waals surface area contributed by atoms with Crippen LogP contribution in [0.4, 0.5) is 0 Å². The van der Waals surface area contributed by atoms with Crippen molar-refractivity contribution in [3.63, 3.8) is 0 Å². The molecular formula is C14H14ClNO3. The number of hydrogen-bond donors (Lipinski definition) is 0. The van der Waals surface area contributed by atoms with E-state index in [2.05, 4.69) is 0 Å². The van der Waals surface area contributed by atoms with Crippen molar-refractivity contribution in [1.82, 2.24) is 4.57 Å². The van der Waals surface area contributed by atoms with Gasteiger partial charge >= 0.3 is 5.97 Å². The lowest BCUT2D eigenvalue weighted by atomic mass is 10.1. The molecule has 0 fully saturated rings. The number of rotatable bonds is 3. The highest BCUT2D eigenvalue weighted by atomic mass is 35.5. The molecule has 0 atom stereocenters. The summed E-state index contributed by atoms with van der Waals surface area (Å²) in [7, 11) is 1.73. The molecule has 4 nitrogen and oxygen atoms in total. The third-order valence-electron chi connectivity index (χ3n) is 3.09. The van der Waals surface area contributed by atoms with Gasteiger partial charge in [0.05, 0.1) is 17.1 Å². The number of esters is 1. The summed E-state index contributed by atoms with van der Waals surface area (Å²) in [5, 5.41) is 1.35. The first-order valence-electron chi connectivity index (χ1n) is 5.94. The highest BCUT2D eigenvalue weighted by Crippen LogP contribution is 2.31. The second-order valence-electron chi connectivity index (χ2n) is 4.22. The van der Waals surface area contributed by atoms with Crippen molar-refractivity contribution in [2.45, 2.75) is 13.8 Å². The number of fused-ring (bicyclic) bond motifs is 1. The van der Waals surface area contributed by atoms with Gasteiger partial charge in [-0.2, -0.15) is 0 Å². The number of aryl methyl sites for hydroxylation is 2. The average Bonchev–Trinajstić information content (AvgIpc) is 2.62. The number of halogens is 1. The Morgan fingerprint density at radius 3 is 2.63 bits per heavy atom. The molecule has 0 N–H and O–H groups in total. The van der Waals surface area contributed by atoms with Crippen molar-refractivity contribution in [3.05, 3.63) is 34.5 Å². The van der Waals surface area contributed by atoms with Crippen LogP contribution in [0.5, 0.6) is 0 Å². The lowest BCUT2D eigenvalue weighted by molar-refractivity contribution is -0.137. The molecule has 100 valence electrons. The fraction of sp³-hybridized carbons (Fsp3) is 0.286. The maximum Gasteiger partial charge on any atom is 0.381 e. The zero-order valence-electron chi connectivity index (χ0n) is 11.0. The molecular weight excluding hydrogens is 266 g/mol. The minimum atomic E-state index is -0.840. The number of carbonyl (C=O) groups is 2. The molecule has 0 unspecified atom stereocenters. The molecule has 0 aliphatic rings. The van der Waals surface area contributed by atoms with Gasteiger partial charge in [-0.1, -0.05) is 17.7 Å². The van der Waals surface area contributed by atoms with Crippen LogP contribution in [0, 0.1) is 6.92 Å². The summed E-state index contributed by atoms with van der Waals surface area (Å²) in [5.74, 6) is -1.48. The molecule has 2 aromatic rings. The van der Waals surface area contributed by atoms with Crippen molar-refractivity contribution in [3.8, 4) is 0 Å². The Bertz CT molecular complexity index is 673. The van der Waals surface area contributed by atoms with Gasteiger partial charge < -0.3 is 9.30 Å². The van der Waals surface area contributed by atoms with E-state index < -0.39 is 11.8 Å². The normalized spacial score (nSPS) is 10.7. The van der Waals surface area contributed by atoms with Gasteiger partial charge in [0, 0.05) is 12.4 Å². The Kier molecular flexibility index (Phi) is 3.62. The van der Waals surface area contributed by atoms with E-state index in [0.717, 1.165) is 10.9 Å². The molecule has 1 heterocycles. The predicted molar refractivity (Wildman–Crippen MR) is 73.6 cm³/mol. The maximum atomic E-state index is 12.1. The molecule has 0 saturated carbocycles. The first-order valence-corrected chi connectivity index (χ1v) is 6.31. The fourth-order valence-corrected chi connectivity index (χ4v) is 2.58. The van der Waals surface area contributed by atoms with E-state index in [1.54, 1.807) is 31.5 Å². The Morgan fingerprint density at radius 1 is 1.37 bits per heavy atom. The molecule has 0 radical (unpaired) electrons. The van der Waals surface area contributed by atoms with Crippen LogP contribution in [0.1, 0.15) is 23.0 Å². The van der Waals surface area contributed by atoms with Gasteiger partial charge in [0.15, 0.2) is 0 Å². The zero-order valence-corrected chi connectivity index (χ0v) is 11.7. The number of hydrogen-bond acceptors (Lipinski definition) is 3. The molecule has 0 aliphatic heterocycles. The van der Waals surface area contributed by atoms with Crippen LogP contribution in [0.15, 0.2) is 18.2 Å². The minimum Gasteiger partial charge on any atom is -0.460 e. The third-order valence-corrected chi connectivity index (χ3v) is 3.41. The minimum absolute atomic E-state index is 0.175. The Morgan fingerprint density at radius 2 is 2.05 bits per heavy atom. The van der Waals surface area contributed by atoms with Crippen LogP contribution in [-0.2, 0) is 16.6 Å². The Labute approximate surface area is 115 Å². The molecule has 0 saturated heterocycles. The number of ketones is 1. The largest absolute Gasteiger partial charge is 0.460 e. The summed E-state index contributed by atoms with van der Waals surface area (Å²) < 4.78 is 6.44. The van der Waals surface area contributed by atoms with Crippen LogP contribution in [-0.4, -0.2) is 22.9 Å². The average molecular weight is 280 g/mol. The van der Waals surface area contributed by atoms with Gasteiger partial charge in [-0.25, -0.2) is 4.79 Å². The van der Waals surface area contributed by atoms with Gasteiger partial charge in [-0.3, -0.25) is 4.79 Å². The fourth-order valence-electron chi connectivity index (χ4n) is 2.27. The standard InChI is InChI=1S/C14H14ClNO3/c1-4-19-14(18)13(17)12-8(2)11-9(15)6-5-7-10(11)16(12)3/h5-7H,4H2,1-3H3. The van der Waals surface area contributed by atoms with Crippen LogP contribution in [0.2, 0.25) is 5.02 Å². The van der Waals surface area contributed by atoms with E-state index in [4.69, 9.17) is 16.3 Å². The lowest BCUT2D eigenvalue weighted by Crippen LogP contribution is -2.20. The SMILES string of the molecule is CCOC(=O)C(=O)c1c(C)c2c(Cl)cccc2n1C. The molecule has 5 heteroatoms. The molecule has 0 aliphatic carbocycles. The lowest BCUT2D eigenvalue weighted by Gasteiger charge is -2.04. The summed E-state index contributed by atoms with van der Waals surface area (Å²) in [6.07, 6.45) is 0. The molecule has 1 aromatic heterocycles. The van der Waals surface area contributed by atoms with Gasteiger partial charge in [-0.15, -0.1) is 0 Å². The number of carbonyl (C=O) groups excluding carboxylic acids is 2. The Hall–Kier alpha value is -1.81. The van der Waals surface area contributed by atoms with Gasteiger partial charge in [0.25, 0.3) is 5.78 Å². The van der Waals surface area contributed by atoms with E-state index in [0.29, 0.717) is 16.3 Å². The van der Waals surface area contributed by atoms with E-state index in [1.807, 2.05) is 12.1 Å².